The number of ether oxygens (including phenoxy) is 2. The van der Waals surface area contributed by atoms with Crippen LogP contribution in [0.5, 0.6) is 11.5 Å². The van der Waals surface area contributed by atoms with Crippen LogP contribution in [0.1, 0.15) is 19.4 Å². The molecule has 0 radical (unpaired) electrons. The van der Waals surface area contributed by atoms with Crippen molar-refractivity contribution in [3.05, 3.63) is 60.2 Å². The van der Waals surface area contributed by atoms with E-state index in [-0.39, 0.29) is 18.6 Å². The van der Waals surface area contributed by atoms with Crippen molar-refractivity contribution in [2.45, 2.75) is 20.0 Å². The van der Waals surface area contributed by atoms with Crippen molar-refractivity contribution in [3.63, 3.8) is 0 Å². The monoisotopic (exact) mass is 312 g/mol. The lowest BCUT2D eigenvalue weighted by atomic mass is 10.2. The third-order valence-electron chi connectivity index (χ3n) is 2.75. The van der Waals surface area contributed by atoms with E-state index in [1.165, 1.54) is 0 Å². The lowest BCUT2D eigenvalue weighted by Crippen LogP contribution is -2.24. The maximum absolute atomic E-state index is 11.6. The Hall–Kier alpha value is -2.82. The van der Waals surface area contributed by atoms with Crippen molar-refractivity contribution in [3.8, 4) is 11.5 Å². The second-order valence-electron chi connectivity index (χ2n) is 5.13. The summed E-state index contributed by atoms with van der Waals surface area (Å²) < 4.78 is 10.9. The number of rotatable bonds is 7. The molecule has 0 saturated heterocycles. The second kappa shape index (κ2) is 8.58. The lowest BCUT2D eigenvalue weighted by molar-refractivity contribution is -0.123. The fraction of sp³-hybridized carbons (Fsp3) is 0.222. The fourth-order valence-electron chi connectivity index (χ4n) is 1.82. The molecule has 2 rings (SSSR count). The molecule has 2 aromatic carbocycles. The standard InChI is InChI=1S/C18H20N2O3/c1-14(2)23-17-10-6-7-15(11-17)12-19-20-18(21)13-22-16-8-4-3-5-9-16/h3-12,14H,13H2,1-2H3,(H,20,21)/b19-12-. The summed E-state index contributed by atoms with van der Waals surface area (Å²) in [6.07, 6.45) is 1.67. The molecule has 0 fully saturated rings. The van der Waals surface area contributed by atoms with Gasteiger partial charge in [-0.1, -0.05) is 30.3 Å². The molecular formula is C18H20N2O3. The molecular weight excluding hydrogens is 292 g/mol. The summed E-state index contributed by atoms with van der Waals surface area (Å²) >= 11 is 0. The molecule has 0 spiro atoms. The Labute approximate surface area is 135 Å². The molecule has 0 bridgehead atoms. The first-order valence-corrected chi connectivity index (χ1v) is 7.40. The van der Waals surface area contributed by atoms with Gasteiger partial charge in [-0.3, -0.25) is 4.79 Å². The van der Waals surface area contributed by atoms with Gasteiger partial charge < -0.3 is 9.47 Å². The van der Waals surface area contributed by atoms with E-state index < -0.39 is 0 Å². The Balaban J connectivity index is 1.80. The van der Waals surface area contributed by atoms with Crippen molar-refractivity contribution in [1.29, 1.82) is 0 Å². The number of nitrogens with zero attached hydrogens (tertiary/aromatic N) is 1. The van der Waals surface area contributed by atoms with Crippen molar-refractivity contribution in [2.75, 3.05) is 6.61 Å². The van der Waals surface area contributed by atoms with E-state index in [0.29, 0.717) is 5.75 Å². The Morgan fingerprint density at radius 1 is 1.13 bits per heavy atom. The molecule has 2 aromatic rings. The van der Waals surface area contributed by atoms with Gasteiger partial charge in [0.2, 0.25) is 0 Å². The van der Waals surface area contributed by atoms with E-state index in [1.807, 2.05) is 56.3 Å². The molecule has 0 atom stereocenters. The van der Waals surface area contributed by atoms with E-state index in [9.17, 15) is 4.79 Å². The molecule has 0 aliphatic carbocycles. The lowest BCUT2D eigenvalue weighted by Gasteiger charge is -2.09. The average Bonchev–Trinajstić information content (AvgIpc) is 2.54. The number of carbonyl (C=O) groups is 1. The summed E-state index contributed by atoms with van der Waals surface area (Å²) in [4.78, 5) is 11.6. The number of hydrogen-bond acceptors (Lipinski definition) is 4. The van der Waals surface area contributed by atoms with Crippen LogP contribution < -0.4 is 14.9 Å². The maximum Gasteiger partial charge on any atom is 0.277 e. The minimum absolute atomic E-state index is 0.0855. The Kier molecular flexibility index (Phi) is 6.17. The minimum atomic E-state index is -0.320. The third kappa shape index (κ3) is 6.22. The average molecular weight is 312 g/mol. The number of carbonyl (C=O) groups excluding carboxylic acids is 1. The van der Waals surface area contributed by atoms with Crippen LogP contribution in [0.15, 0.2) is 59.7 Å². The number of para-hydroxylation sites is 1. The van der Waals surface area contributed by atoms with Crippen molar-refractivity contribution < 1.29 is 14.3 Å². The van der Waals surface area contributed by atoms with Crippen molar-refractivity contribution in [2.24, 2.45) is 5.10 Å². The number of amides is 1. The largest absolute Gasteiger partial charge is 0.491 e. The summed E-state index contributed by atoms with van der Waals surface area (Å²) in [6, 6.07) is 16.6. The van der Waals surface area contributed by atoms with Crippen LogP contribution in [0.2, 0.25) is 0 Å². The molecule has 0 aliphatic heterocycles. The van der Waals surface area contributed by atoms with E-state index >= 15 is 0 Å². The van der Waals surface area contributed by atoms with Gasteiger partial charge in [0, 0.05) is 0 Å². The van der Waals surface area contributed by atoms with E-state index in [0.717, 1.165) is 11.3 Å². The zero-order valence-corrected chi connectivity index (χ0v) is 13.2. The summed E-state index contributed by atoms with van der Waals surface area (Å²) in [5.74, 6) is 1.09. The molecule has 1 N–H and O–H groups in total. The smallest absolute Gasteiger partial charge is 0.277 e. The molecule has 5 nitrogen and oxygen atoms in total. The summed E-state index contributed by atoms with van der Waals surface area (Å²) in [6.45, 7) is 3.85. The van der Waals surface area contributed by atoms with Crippen molar-refractivity contribution >= 4 is 12.1 Å². The first-order chi connectivity index (χ1) is 11.1. The fourth-order valence-corrected chi connectivity index (χ4v) is 1.82. The molecule has 0 aliphatic rings. The molecule has 120 valence electrons. The third-order valence-corrected chi connectivity index (χ3v) is 2.75. The van der Waals surface area contributed by atoms with Crippen LogP contribution in [0.4, 0.5) is 0 Å². The highest BCUT2D eigenvalue weighted by Gasteiger charge is 2.01. The molecule has 0 heterocycles. The van der Waals surface area contributed by atoms with Gasteiger partial charge in [0.15, 0.2) is 6.61 Å². The normalized spacial score (nSPS) is 10.7. The molecule has 0 unspecified atom stereocenters. The maximum atomic E-state index is 11.6. The van der Waals surface area contributed by atoms with Gasteiger partial charge in [-0.05, 0) is 43.7 Å². The van der Waals surface area contributed by atoms with Crippen LogP contribution >= 0.6 is 0 Å². The number of hydrazone groups is 1. The predicted octanol–water partition coefficient (Wildman–Crippen LogP) is 3.00. The topological polar surface area (TPSA) is 59.9 Å². The molecule has 0 aromatic heterocycles. The first-order valence-electron chi connectivity index (χ1n) is 7.40. The number of benzene rings is 2. The quantitative estimate of drug-likeness (QED) is 0.631. The second-order valence-corrected chi connectivity index (χ2v) is 5.13. The van der Waals surface area contributed by atoms with E-state index in [4.69, 9.17) is 9.47 Å². The SMILES string of the molecule is CC(C)Oc1cccc(/C=N\NC(=O)COc2ccccc2)c1. The molecule has 23 heavy (non-hydrogen) atoms. The Bertz CT molecular complexity index is 654. The zero-order chi connectivity index (χ0) is 16.5. The van der Waals surface area contributed by atoms with Gasteiger partial charge in [0.25, 0.3) is 5.91 Å². The van der Waals surface area contributed by atoms with Gasteiger partial charge >= 0.3 is 0 Å². The highest BCUT2D eigenvalue weighted by Crippen LogP contribution is 2.13. The summed E-state index contributed by atoms with van der Waals surface area (Å²) in [5.41, 5.74) is 3.27. The molecule has 5 heteroatoms. The Morgan fingerprint density at radius 2 is 1.87 bits per heavy atom. The van der Waals surface area contributed by atoms with Gasteiger partial charge in [-0.25, -0.2) is 5.43 Å². The highest BCUT2D eigenvalue weighted by molar-refractivity contribution is 5.83. The van der Waals surface area contributed by atoms with Crippen LogP contribution in [0.25, 0.3) is 0 Å². The minimum Gasteiger partial charge on any atom is -0.491 e. The zero-order valence-electron chi connectivity index (χ0n) is 13.2. The van der Waals surface area contributed by atoms with Gasteiger partial charge in [-0.15, -0.1) is 0 Å². The first kappa shape index (κ1) is 16.5. The van der Waals surface area contributed by atoms with Crippen LogP contribution in [0, 0.1) is 0 Å². The van der Waals surface area contributed by atoms with Crippen LogP contribution in [-0.2, 0) is 4.79 Å². The predicted molar refractivity (Wildman–Crippen MR) is 89.9 cm³/mol. The highest BCUT2D eigenvalue weighted by atomic mass is 16.5. The van der Waals surface area contributed by atoms with Crippen molar-refractivity contribution in [1.82, 2.24) is 5.43 Å². The Morgan fingerprint density at radius 3 is 2.61 bits per heavy atom. The van der Waals surface area contributed by atoms with Gasteiger partial charge in [0.05, 0.1) is 12.3 Å². The van der Waals surface area contributed by atoms with Gasteiger partial charge in [-0.2, -0.15) is 5.10 Å². The van der Waals surface area contributed by atoms with Crippen LogP contribution in [-0.4, -0.2) is 24.8 Å². The van der Waals surface area contributed by atoms with E-state index in [2.05, 4.69) is 10.5 Å². The number of nitrogens with one attached hydrogen (secondary N) is 1. The number of hydrogen-bond donors (Lipinski definition) is 1. The summed E-state index contributed by atoms with van der Waals surface area (Å²) in [7, 11) is 0. The molecule has 0 saturated carbocycles. The molecule has 1 amide bonds. The van der Waals surface area contributed by atoms with Gasteiger partial charge in [0.1, 0.15) is 11.5 Å². The van der Waals surface area contributed by atoms with E-state index in [1.54, 1.807) is 18.3 Å². The van der Waals surface area contributed by atoms with Crippen LogP contribution in [0.3, 0.4) is 0 Å². The summed E-state index contributed by atoms with van der Waals surface area (Å²) in [5, 5.41) is 3.91.